The van der Waals surface area contributed by atoms with Crippen LogP contribution in [0.2, 0.25) is 0 Å². The maximum atomic E-state index is 12.6. The quantitative estimate of drug-likeness (QED) is 0.682. The number of carbonyl (C=O) groups excluding carboxylic acids is 1. The molecule has 8 nitrogen and oxygen atoms in total. The number of anilines is 2. The van der Waals surface area contributed by atoms with Gasteiger partial charge in [-0.1, -0.05) is 6.42 Å². The molecule has 3 rings (SSSR count). The second-order valence-corrected chi connectivity index (χ2v) is 8.98. The molecule has 0 unspecified atom stereocenters. The highest BCUT2D eigenvalue weighted by Gasteiger charge is 2.17. The lowest BCUT2D eigenvalue weighted by molar-refractivity contribution is 0.102. The second kappa shape index (κ2) is 10.4. The molecule has 9 heteroatoms. The van der Waals surface area contributed by atoms with Gasteiger partial charge in [0.1, 0.15) is 11.7 Å². The summed E-state index contributed by atoms with van der Waals surface area (Å²) in [6, 6.07) is 9.62. The Morgan fingerprint density at radius 1 is 1.03 bits per heavy atom. The van der Waals surface area contributed by atoms with Gasteiger partial charge in [-0.3, -0.25) is 14.5 Å². The molecule has 1 aliphatic rings. The standard InChI is InChI=1S/C22H29N5O3S/c1-3-27(4-2)21-14-9-17(16-24-21)22(28)25-18-10-12-19(13-11-18)31(29,30)26-20-8-6-5-7-15-23-20/h9-14,16H,3-8,15H2,1-2H3,(H,23,26)(H,25,28). The van der Waals surface area contributed by atoms with Crippen LogP contribution in [-0.2, 0) is 10.0 Å². The van der Waals surface area contributed by atoms with Gasteiger partial charge < -0.3 is 10.2 Å². The molecule has 0 fully saturated rings. The van der Waals surface area contributed by atoms with E-state index in [2.05, 4.69) is 38.8 Å². The molecule has 0 radical (unpaired) electrons. The maximum Gasteiger partial charge on any atom is 0.262 e. The molecule has 0 atom stereocenters. The predicted octanol–water partition coefficient (Wildman–Crippen LogP) is 3.43. The Bertz CT molecular complexity index is 1010. The molecule has 2 heterocycles. The summed E-state index contributed by atoms with van der Waals surface area (Å²) in [5, 5.41) is 2.77. The Hall–Kier alpha value is -2.94. The van der Waals surface area contributed by atoms with Gasteiger partial charge in [0.05, 0.1) is 10.5 Å². The van der Waals surface area contributed by atoms with Gasteiger partial charge in [0.15, 0.2) is 0 Å². The second-order valence-electron chi connectivity index (χ2n) is 7.30. The van der Waals surface area contributed by atoms with Crippen molar-refractivity contribution in [3.8, 4) is 0 Å². The van der Waals surface area contributed by atoms with E-state index in [4.69, 9.17) is 0 Å². The Kier molecular flexibility index (Phi) is 7.62. The SMILES string of the molecule is CCN(CC)c1ccc(C(=O)Nc2ccc(S(=O)(=O)NC3=NCCCCC3)cc2)cn1. The van der Waals surface area contributed by atoms with Crippen LogP contribution in [0.4, 0.5) is 11.5 Å². The van der Waals surface area contributed by atoms with Crippen LogP contribution in [0.1, 0.15) is 49.9 Å². The molecule has 0 saturated carbocycles. The minimum Gasteiger partial charge on any atom is -0.357 e. The van der Waals surface area contributed by atoms with Crippen molar-refractivity contribution in [2.75, 3.05) is 29.9 Å². The van der Waals surface area contributed by atoms with Crippen LogP contribution in [0.5, 0.6) is 0 Å². The number of rotatable bonds is 7. The zero-order chi connectivity index (χ0) is 22.3. The van der Waals surface area contributed by atoms with Crippen LogP contribution in [-0.4, -0.2) is 44.8 Å². The van der Waals surface area contributed by atoms with Gasteiger partial charge in [0, 0.05) is 37.9 Å². The van der Waals surface area contributed by atoms with E-state index in [0.717, 1.165) is 38.2 Å². The van der Waals surface area contributed by atoms with E-state index >= 15 is 0 Å². The summed E-state index contributed by atoms with van der Waals surface area (Å²) in [6.07, 6.45) is 5.13. The number of hydrogen-bond donors (Lipinski definition) is 2. The van der Waals surface area contributed by atoms with E-state index in [1.54, 1.807) is 24.4 Å². The van der Waals surface area contributed by atoms with Gasteiger partial charge in [0.25, 0.3) is 15.9 Å². The number of nitrogens with one attached hydrogen (secondary N) is 2. The Balaban J connectivity index is 1.64. The summed E-state index contributed by atoms with van der Waals surface area (Å²) in [4.78, 5) is 23.4. The number of carbonyl (C=O) groups is 1. The number of amidine groups is 1. The number of aromatic nitrogens is 1. The van der Waals surface area contributed by atoms with Crippen LogP contribution < -0.4 is 14.9 Å². The fourth-order valence-electron chi connectivity index (χ4n) is 3.35. The minimum atomic E-state index is -3.70. The van der Waals surface area contributed by atoms with E-state index in [1.165, 1.54) is 12.1 Å². The molecule has 1 amide bonds. The van der Waals surface area contributed by atoms with Crippen molar-refractivity contribution < 1.29 is 13.2 Å². The average molecular weight is 444 g/mol. The van der Waals surface area contributed by atoms with Crippen molar-refractivity contribution in [2.45, 2.75) is 44.4 Å². The Labute approximate surface area is 183 Å². The van der Waals surface area contributed by atoms with Gasteiger partial charge in [-0.2, -0.15) is 0 Å². The summed E-state index contributed by atoms with van der Waals surface area (Å²) >= 11 is 0. The third kappa shape index (κ3) is 6.04. The largest absolute Gasteiger partial charge is 0.357 e. The maximum absolute atomic E-state index is 12.6. The first kappa shape index (κ1) is 22.7. The molecule has 0 saturated heterocycles. The van der Waals surface area contributed by atoms with E-state index in [0.29, 0.717) is 30.1 Å². The summed E-state index contributed by atoms with van der Waals surface area (Å²) in [5.41, 5.74) is 0.934. The third-order valence-electron chi connectivity index (χ3n) is 5.15. The molecule has 31 heavy (non-hydrogen) atoms. The number of nitrogens with zero attached hydrogens (tertiary/aromatic N) is 3. The van der Waals surface area contributed by atoms with Gasteiger partial charge in [-0.15, -0.1) is 0 Å². The number of hydrogen-bond acceptors (Lipinski definition) is 6. The molecule has 0 spiro atoms. The lowest BCUT2D eigenvalue weighted by Crippen LogP contribution is -2.30. The average Bonchev–Trinajstić information content (AvgIpc) is 3.03. The zero-order valence-electron chi connectivity index (χ0n) is 18.0. The summed E-state index contributed by atoms with van der Waals surface area (Å²) in [7, 11) is -3.70. The Morgan fingerprint density at radius 3 is 2.42 bits per heavy atom. The Morgan fingerprint density at radius 2 is 1.77 bits per heavy atom. The van der Waals surface area contributed by atoms with Gasteiger partial charge in [-0.05, 0) is 63.1 Å². The fourth-order valence-corrected chi connectivity index (χ4v) is 4.44. The predicted molar refractivity (Wildman–Crippen MR) is 123 cm³/mol. The van der Waals surface area contributed by atoms with Gasteiger partial charge >= 0.3 is 0 Å². The zero-order valence-corrected chi connectivity index (χ0v) is 18.8. The molecule has 166 valence electrons. The molecule has 0 aliphatic carbocycles. The highest BCUT2D eigenvalue weighted by atomic mass is 32.2. The molecule has 0 bridgehead atoms. The lowest BCUT2D eigenvalue weighted by atomic mass is 10.2. The molecular weight excluding hydrogens is 414 g/mol. The van der Waals surface area contributed by atoms with Crippen LogP contribution in [0.3, 0.4) is 0 Å². The highest BCUT2D eigenvalue weighted by molar-refractivity contribution is 7.90. The van der Waals surface area contributed by atoms with Gasteiger partial charge in [-0.25, -0.2) is 13.4 Å². The topological polar surface area (TPSA) is 104 Å². The number of benzene rings is 1. The molecule has 2 N–H and O–H groups in total. The number of sulfonamides is 1. The molecule has 1 aliphatic heterocycles. The molecule has 1 aromatic carbocycles. The van der Waals surface area contributed by atoms with E-state index in [-0.39, 0.29) is 10.8 Å². The van der Waals surface area contributed by atoms with Crippen LogP contribution in [0, 0.1) is 0 Å². The van der Waals surface area contributed by atoms with E-state index < -0.39 is 10.0 Å². The molecular formula is C22H29N5O3S. The smallest absolute Gasteiger partial charge is 0.262 e. The summed E-state index contributed by atoms with van der Waals surface area (Å²) in [5.74, 6) is 1.03. The molecule has 1 aromatic heterocycles. The van der Waals surface area contributed by atoms with Crippen molar-refractivity contribution in [3.63, 3.8) is 0 Å². The number of amides is 1. The highest BCUT2D eigenvalue weighted by Crippen LogP contribution is 2.17. The first-order valence-corrected chi connectivity index (χ1v) is 12.1. The van der Waals surface area contributed by atoms with E-state index in [1.807, 2.05) is 6.07 Å². The summed E-state index contributed by atoms with van der Waals surface area (Å²) in [6.45, 7) is 6.43. The van der Waals surface area contributed by atoms with Crippen LogP contribution in [0.25, 0.3) is 0 Å². The first-order chi connectivity index (χ1) is 14.9. The normalized spacial score (nSPS) is 14.3. The van der Waals surface area contributed by atoms with Crippen molar-refractivity contribution in [1.82, 2.24) is 9.71 Å². The monoisotopic (exact) mass is 443 g/mol. The van der Waals surface area contributed by atoms with Crippen molar-refractivity contribution in [3.05, 3.63) is 48.2 Å². The van der Waals surface area contributed by atoms with Crippen LogP contribution >= 0.6 is 0 Å². The van der Waals surface area contributed by atoms with Gasteiger partial charge in [0.2, 0.25) is 0 Å². The lowest BCUT2D eigenvalue weighted by Gasteiger charge is -2.19. The van der Waals surface area contributed by atoms with Crippen molar-refractivity contribution >= 4 is 33.3 Å². The minimum absolute atomic E-state index is 0.127. The summed E-state index contributed by atoms with van der Waals surface area (Å²) < 4.78 is 27.8. The molecule has 2 aromatic rings. The van der Waals surface area contributed by atoms with Crippen molar-refractivity contribution in [2.24, 2.45) is 4.99 Å². The number of aliphatic imine (C=N–C) groups is 1. The van der Waals surface area contributed by atoms with Crippen molar-refractivity contribution in [1.29, 1.82) is 0 Å². The van der Waals surface area contributed by atoms with Crippen LogP contribution in [0.15, 0.2) is 52.5 Å². The van der Waals surface area contributed by atoms with E-state index in [9.17, 15) is 13.2 Å². The first-order valence-electron chi connectivity index (χ1n) is 10.6. The number of pyridine rings is 1. The fraction of sp³-hybridized carbons (Fsp3) is 0.409. The third-order valence-corrected chi connectivity index (χ3v) is 6.54.